The minimum absolute atomic E-state index is 0.230. The van der Waals surface area contributed by atoms with Gasteiger partial charge in [-0.25, -0.2) is 0 Å². The molecule has 0 amide bonds. The van der Waals surface area contributed by atoms with E-state index in [2.05, 4.69) is 15.5 Å². The Kier molecular flexibility index (Phi) is 3.94. The smallest absolute Gasteiger partial charge is 0.315 e. The lowest BCUT2D eigenvalue weighted by molar-refractivity contribution is 0.120. The quantitative estimate of drug-likeness (QED) is 0.863. The fraction of sp³-hybridized carbons (Fsp3) is 0.429. The van der Waals surface area contributed by atoms with E-state index < -0.39 is 6.04 Å². The summed E-state index contributed by atoms with van der Waals surface area (Å²) in [5.74, 6) is 0.408. The number of nitrogens with two attached hydrogens (primary N) is 1. The number of rotatable bonds is 5. The number of hydrogen-bond acceptors (Lipinski definition) is 6. The maximum Gasteiger partial charge on any atom is 0.315 e. The lowest BCUT2D eigenvalue weighted by atomic mass is 10.1. The number of nitrogens with one attached hydrogen (secondary N) is 1. The average molecular weight is 274 g/mol. The largest absolute Gasteiger partial charge is 0.406 e. The van der Waals surface area contributed by atoms with Crippen LogP contribution >= 0.6 is 0 Å². The molecule has 6 nitrogen and oxygen atoms in total. The molecule has 3 N–H and O–H groups in total. The van der Waals surface area contributed by atoms with Crippen molar-refractivity contribution in [2.45, 2.75) is 25.0 Å². The third-order valence-electron chi connectivity index (χ3n) is 3.37. The summed E-state index contributed by atoms with van der Waals surface area (Å²) in [6, 6.07) is 9.68. The van der Waals surface area contributed by atoms with E-state index in [1.807, 2.05) is 30.3 Å². The first-order chi connectivity index (χ1) is 9.83. The van der Waals surface area contributed by atoms with E-state index in [1.165, 1.54) is 0 Å². The Balaban J connectivity index is 1.61. The molecule has 2 heterocycles. The van der Waals surface area contributed by atoms with E-state index >= 15 is 0 Å². The molecule has 1 fully saturated rings. The van der Waals surface area contributed by atoms with Crippen molar-refractivity contribution >= 4 is 6.01 Å². The zero-order valence-corrected chi connectivity index (χ0v) is 11.2. The van der Waals surface area contributed by atoms with Crippen molar-refractivity contribution in [1.29, 1.82) is 0 Å². The second kappa shape index (κ2) is 6.02. The molecule has 2 atom stereocenters. The highest BCUT2D eigenvalue weighted by atomic mass is 16.5. The molecule has 1 saturated heterocycles. The number of ether oxygens (including phenoxy) is 1. The number of hydrogen-bond donors (Lipinski definition) is 2. The van der Waals surface area contributed by atoms with Gasteiger partial charge in [0, 0.05) is 13.2 Å². The van der Waals surface area contributed by atoms with Crippen LogP contribution in [0.1, 0.15) is 30.3 Å². The molecule has 6 heteroatoms. The molecule has 0 unspecified atom stereocenters. The SMILES string of the molecule is N[C@H](c1ccccc1)c1nnc(NC[C@@H]2CCCO2)o1. The van der Waals surface area contributed by atoms with Crippen LogP contribution in [0, 0.1) is 0 Å². The van der Waals surface area contributed by atoms with Crippen LogP contribution in [0.15, 0.2) is 34.7 Å². The van der Waals surface area contributed by atoms with Gasteiger partial charge in [0.1, 0.15) is 6.04 Å². The van der Waals surface area contributed by atoms with Gasteiger partial charge in [0.25, 0.3) is 0 Å². The van der Waals surface area contributed by atoms with E-state index in [-0.39, 0.29) is 6.10 Å². The van der Waals surface area contributed by atoms with Crippen molar-refractivity contribution in [2.24, 2.45) is 5.73 Å². The van der Waals surface area contributed by atoms with Crippen molar-refractivity contribution in [3.05, 3.63) is 41.8 Å². The summed E-state index contributed by atoms with van der Waals surface area (Å²) in [4.78, 5) is 0. The van der Waals surface area contributed by atoms with Gasteiger partial charge in [0.05, 0.1) is 6.10 Å². The normalized spacial score (nSPS) is 19.9. The standard InChI is InChI=1S/C14H18N4O2/c15-12(10-5-2-1-3-6-10)13-17-18-14(20-13)16-9-11-7-4-8-19-11/h1-3,5-6,11-12H,4,7-9,15H2,(H,16,18)/t11-,12+/m0/s1. The number of anilines is 1. The monoisotopic (exact) mass is 274 g/mol. The van der Waals surface area contributed by atoms with Crippen molar-refractivity contribution < 1.29 is 9.15 Å². The van der Waals surface area contributed by atoms with Gasteiger partial charge >= 0.3 is 6.01 Å². The Hall–Kier alpha value is -1.92. The zero-order valence-electron chi connectivity index (χ0n) is 11.2. The highest BCUT2D eigenvalue weighted by Crippen LogP contribution is 2.20. The van der Waals surface area contributed by atoms with Gasteiger partial charge in [-0.1, -0.05) is 35.4 Å². The summed E-state index contributed by atoms with van der Waals surface area (Å²) in [6.07, 6.45) is 2.41. The molecule has 2 aromatic rings. The Morgan fingerprint density at radius 2 is 2.15 bits per heavy atom. The highest BCUT2D eigenvalue weighted by Gasteiger charge is 2.18. The molecule has 0 aliphatic carbocycles. The summed E-state index contributed by atoms with van der Waals surface area (Å²) in [5, 5.41) is 11.0. The first-order valence-corrected chi connectivity index (χ1v) is 6.82. The summed E-state index contributed by atoms with van der Waals surface area (Å²) < 4.78 is 11.1. The van der Waals surface area contributed by atoms with Crippen molar-refractivity contribution in [2.75, 3.05) is 18.5 Å². The van der Waals surface area contributed by atoms with E-state index in [0.29, 0.717) is 18.5 Å². The molecule has 0 radical (unpaired) electrons. The number of benzene rings is 1. The van der Waals surface area contributed by atoms with Crippen LogP contribution in [0.5, 0.6) is 0 Å². The minimum atomic E-state index is -0.401. The van der Waals surface area contributed by atoms with Gasteiger partial charge in [0.2, 0.25) is 5.89 Å². The highest BCUT2D eigenvalue weighted by molar-refractivity contribution is 5.25. The lowest BCUT2D eigenvalue weighted by Gasteiger charge is -2.08. The zero-order chi connectivity index (χ0) is 13.8. The summed E-state index contributed by atoms with van der Waals surface area (Å²) in [5.41, 5.74) is 7.05. The van der Waals surface area contributed by atoms with Gasteiger partial charge < -0.3 is 20.2 Å². The van der Waals surface area contributed by atoms with Gasteiger partial charge in [-0.15, -0.1) is 5.10 Å². The Labute approximate surface area is 117 Å². The topological polar surface area (TPSA) is 86.2 Å². The van der Waals surface area contributed by atoms with Crippen molar-refractivity contribution in [3.63, 3.8) is 0 Å². The van der Waals surface area contributed by atoms with Crippen molar-refractivity contribution in [1.82, 2.24) is 10.2 Å². The molecule has 106 valence electrons. The van der Waals surface area contributed by atoms with Crippen LogP contribution in [0.25, 0.3) is 0 Å². The van der Waals surface area contributed by atoms with E-state index in [0.717, 1.165) is 25.0 Å². The maximum absolute atomic E-state index is 6.10. The van der Waals surface area contributed by atoms with Crippen LogP contribution in [0.3, 0.4) is 0 Å². The van der Waals surface area contributed by atoms with E-state index in [9.17, 15) is 0 Å². The molecule has 0 spiro atoms. The van der Waals surface area contributed by atoms with E-state index in [4.69, 9.17) is 14.9 Å². The summed E-state index contributed by atoms with van der Waals surface area (Å²) in [7, 11) is 0. The van der Waals surface area contributed by atoms with Crippen LogP contribution < -0.4 is 11.1 Å². The molecule has 0 bridgehead atoms. The molecule has 3 rings (SSSR count). The summed E-state index contributed by atoms with van der Waals surface area (Å²) >= 11 is 0. The average Bonchev–Trinajstić information content (AvgIpc) is 3.17. The fourth-order valence-electron chi connectivity index (χ4n) is 2.24. The molecular formula is C14H18N4O2. The first kappa shape index (κ1) is 13.1. The Morgan fingerprint density at radius 1 is 1.30 bits per heavy atom. The van der Waals surface area contributed by atoms with Crippen LogP contribution in [-0.4, -0.2) is 29.5 Å². The number of aromatic nitrogens is 2. The predicted molar refractivity (Wildman–Crippen MR) is 74.2 cm³/mol. The third-order valence-corrected chi connectivity index (χ3v) is 3.37. The molecule has 20 heavy (non-hydrogen) atoms. The molecular weight excluding hydrogens is 256 g/mol. The third kappa shape index (κ3) is 2.97. The van der Waals surface area contributed by atoms with Gasteiger partial charge in [-0.2, -0.15) is 0 Å². The fourth-order valence-corrected chi connectivity index (χ4v) is 2.24. The second-order valence-electron chi connectivity index (χ2n) is 4.85. The van der Waals surface area contributed by atoms with Gasteiger partial charge in [0.15, 0.2) is 0 Å². The van der Waals surface area contributed by atoms with Crippen LogP contribution in [-0.2, 0) is 4.74 Å². The van der Waals surface area contributed by atoms with Crippen LogP contribution in [0.4, 0.5) is 6.01 Å². The Bertz CT molecular complexity index is 537. The maximum atomic E-state index is 6.10. The first-order valence-electron chi connectivity index (χ1n) is 6.82. The van der Waals surface area contributed by atoms with Crippen LogP contribution in [0.2, 0.25) is 0 Å². The number of nitrogens with zero attached hydrogens (tertiary/aromatic N) is 2. The Morgan fingerprint density at radius 3 is 2.90 bits per heavy atom. The predicted octanol–water partition coefficient (Wildman–Crippen LogP) is 1.71. The molecule has 1 aliphatic heterocycles. The molecule has 1 aliphatic rings. The van der Waals surface area contributed by atoms with Gasteiger partial charge in [-0.3, -0.25) is 0 Å². The molecule has 0 saturated carbocycles. The van der Waals surface area contributed by atoms with E-state index in [1.54, 1.807) is 0 Å². The van der Waals surface area contributed by atoms with Crippen molar-refractivity contribution in [3.8, 4) is 0 Å². The molecule has 1 aromatic carbocycles. The lowest BCUT2D eigenvalue weighted by Crippen LogP contribution is -2.18. The minimum Gasteiger partial charge on any atom is -0.406 e. The van der Waals surface area contributed by atoms with Gasteiger partial charge in [-0.05, 0) is 18.4 Å². The summed E-state index contributed by atoms with van der Waals surface area (Å²) in [6.45, 7) is 1.52. The molecule has 1 aromatic heterocycles. The second-order valence-corrected chi connectivity index (χ2v) is 4.85.